The Labute approximate surface area is 145 Å². The highest BCUT2D eigenvalue weighted by atomic mass is 16.5. The molecule has 1 aromatic carbocycles. The minimum Gasteiger partial charge on any atom is -0.492 e. The molecule has 1 heterocycles. The number of hydrogen-bond acceptors (Lipinski definition) is 3. The lowest BCUT2D eigenvalue weighted by atomic mass is 10.1. The number of guanidine groups is 1. The van der Waals surface area contributed by atoms with Crippen molar-refractivity contribution in [2.24, 2.45) is 10.9 Å². The first-order valence-electron chi connectivity index (χ1n) is 9.29. The van der Waals surface area contributed by atoms with E-state index in [0.717, 1.165) is 37.4 Å². The molecule has 5 nitrogen and oxygen atoms in total. The first-order chi connectivity index (χ1) is 11.8. The van der Waals surface area contributed by atoms with Crippen LogP contribution in [0.2, 0.25) is 0 Å². The summed E-state index contributed by atoms with van der Waals surface area (Å²) in [5.74, 6) is 2.52. The van der Waals surface area contributed by atoms with Crippen LogP contribution in [0.3, 0.4) is 0 Å². The predicted octanol–water partition coefficient (Wildman–Crippen LogP) is 2.10. The van der Waals surface area contributed by atoms with E-state index < -0.39 is 0 Å². The van der Waals surface area contributed by atoms with Crippen LogP contribution in [0.25, 0.3) is 0 Å². The van der Waals surface area contributed by atoms with Crippen LogP contribution in [-0.4, -0.2) is 56.2 Å². The number of benzene rings is 1. The van der Waals surface area contributed by atoms with Gasteiger partial charge in [-0.3, -0.25) is 4.99 Å². The van der Waals surface area contributed by atoms with Crippen LogP contribution < -0.4 is 15.4 Å². The fraction of sp³-hybridized carbons (Fsp3) is 0.632. The van der Waals surface area contributed by atoms with Crippen LogP contribution in [0, 0.1) is 5.92 Å². The first kappa shape index (κ1) is 17.1. The average molecular weight is 330 g/mol. The maximum Gasteiger partial charge on any atom is 0.191 e. The maximum atomic E-state index is 5.71. The number of para-hydroxylation sites is 1. The number of aliphatic imine (C=N–C) groups is 1. The quantitative estimate of drug-likeness (QED) is 0.435. The normalized spacial score (nSPS) is 21.7. The molecule has 1 aliphatic carbocycles. The zero-order valence-corrected chi connectivity index (χ0v) is 14.7. The standard InChI is InChI=1S/C19H30N4O/c1-2-20-19(21-11-13-24-18-6-4-3-5-7-18)22-14-16-10-12-23(15-16)17-8-9-17/h3-7,16-17H,2,8-15H2,1H3,(H2,20,21,22). The van der Waals surface area contributed by atoms with E-state index in [2.05, 4.69) is 22.5 Å². The Morgan fingerprint density at radius 1 is 1.21 bits per heavy atom. The lowest BCUT2D eigenvalue weighted by molar-refractivity contribution is 0.315. The van der Waals surface area contributed by atoms with E-state index in [1.54, 1.807) is 0 Å². The summed E-state index contributed by atoms with van der Waals surface area (Å²) in [6, 6.07) is 10.8. The second kappa shape index (κ2) is 8.92. The highest BCUT2D eigenvalue weighted by molar-refractivity contribution is 5.79. The van der Waals surface area contributed by atoms with Crippen molar-refractivity contribution in [3.8, 4) is 5.75 Å². The SMILES string of the molecule is CCNC(=NCC1CCN(C2CC2)C1)NCCOc1ccccc1. The van der Waals surface area contributed by atoms with E-state index in [-0.39, 0.29) is 0 Å². The number of hydrogen-bond donors (Lipinski definition) is 2. The molecule has 2 fully saturated rings. The predicted molar refractivity (Wildman–Crippen MR) is 98.6 cm³/mol. The van der Waals surface area contributed by atoms with E-state index >= 15 is 0 Å². The van der Waals surface area contributed by atoms with Crippen molar-refractivity contribution in [2.75, 3.05) is 39.3 Å². The van der Waals surface area contributed by atoms with Crippen LogP contribution in [0.1, 0.15) is 26.2 Å². The number of rotatable bonds is 8. The van der Waals surface area contributed by atoms with E-state index in [0.29, 0.717) is 12.5 Å². The van der Waals surface area contributed by atoms with Crippen molar-refractivity contribution in [1.82, 2.24) is 15.5 Å². The molecule has 3 rings (SSSR count). The third-order valence-electron chi connectivity index (χ3n) is 4.64. The number of likely N-dealkylation sites (tertiary alicyclic amines) is 1. The largest absolute Gasteiger partial charge is 0.492 e. The summed E-state index contributed by atoms with van der Waals surface area (Å²) in [5, 5.41) is 6.68. The van der Waals surface area contributed by atoms with Crippen LogP contribution >= 0.6 is 0 Å². The molecule has 0 aromatic heterocycles. The highest BCUT2D eigenvalue weighted by Crippen LogP contribution is 2.31. The van der Waals surface area contributed by atoms with Gasteiger partial charge in [-0.2, -0.15) is 0 Å². The van der Waals surface area contributed by atoms with Gasteiger partial charge < -0.3 is 20.3 Å². The smallest absolute Gasteiger partial charge is 0.191 e. The Hall–Kier alpha value is -1.75. The maximum absolute atomic E-state index is 5.71. The van der Waals surface area contributed by atoms with Crippen molar-refractivity contribution in [2.45, 2.75) is 32.2 Å². The lowest BCUT2D eigenvalue weighted by Gasteiger charge is -2.15. The molecule has 0 bridgehead atoms. The van der Waals surface area contributed by atoms with Gasteiger partial charge in [-0.25, -0.2) is 0 Å². The van der Waals surface area contributed by atoms with E-state index in [1.165, 1.54) is 32.4 Å². The fourth-order valence-corrected chi connectivity index (χ4v) is 3.20. The van der Waals surface area contributed by atoms with Crippen LogP contribution in [-0.2, 0) is 0 Å². The van der Waals surface area contributed by atoms with Gasteiger partial charge in [0.05, 0.1) is 6.54 Å². The second-order valence-corrected chi connectivity index (χ2v) is 6.69. The van der Waals surface area contributed by atoms with Crippen LogP contribution in [0.4, 0.5) is 0 Å². The Kier molecular flexibility index (Phi) is 6.35. The van der Waals surface area contributed by atoms with Crippen molar-refractivity contribution < 1.29 is 4.74 Å². The van der Waals surface area contributed by atoms with Gasteiger partial charge in [0.15, 0.2) is 5.96 Å². The third-order valence-corrected chi connectivity index (χ3v) is 4.64. The summed E-state index contributed by atoms with van der Waals surface area (Å²) in [6.07, 6.45) is 4.10. The molecule has 1 saturated heterocycles. The molecule has 2 aliphatic rings. The molecule has 0 amide bonds. The monoisotopic (exact) mass is 330 g/mol. The summed E-state index contributed by atoms with van der Waals surface area (Å²) in [6.45, 7) is 7.77. The lowest BCUT2D eigenvalue weighted by Crippen LogP contribution is -2.39. The van der Waals surface area contributed by atoms with Crippen LogP contribution in [0.5, 0.6) is 5.75 Å². The summed E-state index contributed by atoms with van der Waals surface area (Å²) < 4.78 is 5.71. The molecule has 2 N–H and O–H groups in total. The topological polar surface area (TPSA) is 48.9 Å². The van der Waals surface area contributed by atoms with Gasteiger partial charge in [-0.1, -0.05) is 18.2 Å². The molecule has 0 spiro atoms. The molecule has 1 atom stereocenters. The molecule has 0 radical (unpaired) electrons. The molecule has 1 unspecified atom stereocenters. The molecule has 5 heteroatoms. The zero-order chi connectivity index (χ0) is 16.6. The Bertz CT molecular complexity index is 515. The Morgan fingerprint density at radius 2 is 2.04 bits per heavy atom. The molecular weight excluding hydrogens is 300 g/mol. The number of ether oxygens (including phenoxy) is 1. The zero-order valence-electron chi connectivity index (χ0n) is 14.7. The van der Waals surface area contributed by atoms with Crippen molar-refractivity contribution in [1.29, 1.82) is 0 Å². The average Bonchev–Trinajstić information content (AvgIpc) is 3.36. The summed E-state index contributed by atoms with van der Waals surface area (Å²) in [7, 11) is 0. The van der Waals surface area contributed by atoms with E-state index in [9.17, 15) is 0 Å². The fourth-order valence-electron chi connectivity index (χ4n) is 3.20. The van der Waals surface area contributed by atoms with E-state index in [1.807, 2.05) is 30.3 Å². The number of nitrogens with one attached hydrogen (secondary N) is 2. The molecule has 1 aliphatic heterocycles. The minimum absolute atomic E-state index is 0.632. The van der Waals surface area contributed by atoms with Gasteiger partial charge in [0.1, 0.15) is 12.4 Å². The second-order valence-electron chi connectivity index (χ2n) is 6.69. The Balaban J connectivity index is 1.37. The van der Waals surface area contributed by atoms with Gasteiger partial charge in [0, 0.05) is 25.7 Å². The summed E-state index contributed by atoms with van der Waals surface area (Å²) >= 11 is 0. The van der Waals surface area contributed by atoms with Crippen molar-refractivity contribution in [3.05, 3.63) is 30.3 Å². The molecule has 1 saturated carbocycles. The Morgan fingerprint density at radius 3 is 2.79 bits per heavy atom. The molecule has 1 aromatic rings. The van der Waals surface area contributed by atoms with Gasteiger partial charge in [-0.05, 0) is 50.8 Å². The van der Waals surface area contributed by atoms with Crippen LogP contribution in [0.15, 0.2) is 35.3 Å². The van der Waals surface area contributed by atoms with Gasteiger partial charge in [0.25, 0.3) is 0 Å². The summed E-state index contributed by atoms with van der Waals surface area (Å²) in [5.41, 5.74) is 0. The van der Waals surface area contributed by atoms with Crippen molar-refractivity contribution in [3.63, 3.8) is 0 Å². The molecule has 24 heavy (non-hydrogen) atoms. The van der Waals surface area contributed by atoms with Gasteiger partial charge >= 0.3 is 0 Å². The highest BCUT2D eigenvalue weighted by Gasteiger charge is 2.34. The van der Waals surface area contributed by atoms with Crippen molar-refractivity contribution >= 4 is 5.96 Å². The molecule has 132 valence electrons. The number of nitrogens with zero attached hydrogens (tertiary/aromatic N) is 2. The van der Waals surface area contributed by atoms with E-state index in [4.69, 9.17) is 9.73 Å². The summed E-state index contributed by atoms with van der Waals surface area (Å²) in [4.78, 5) is 7.41. The third kappa shape index (κ3) is 5.41. The molecular formula is C19H30N4O. The van der Waals surface area contributed by atoms with Gasteiger partial charge in [0.2, 0.25) is 0 Å². The van der Waals surface area contributed by atoms with Gasteiger partial charge in [-0.15, -0.1) is 0 Å². The minimum atomic E-state index is 0.632. The first-order valence-corrected chi connectivity index (χ1v) is 9.29.